The lowest BCUT2D eigenvalue weighted by molar-refractivity contribution is 0.0955. The Labute approximate surface area is 175 Å². The third-order valence-electron chi connectivity index (χ3n) is 4.98. The van der Waals surface area contributed by atoms with E-state index >= 15 is 0 Å². The minimum absolute atomic E-state index is 0.135. The number of hydrogen-bond donors (Lipinski definition) is 2. The highest BCUT2D eigenvalue weighted by atomic mass is 16.4. The predicted molar refractivity (Wildman–Crippen MR) is 118 cm³/mol. The second-order valence-corrected chi connectivity index (χ2v) is 7.28. The normalized spacial score (nSPS) is 11.6. The minimum Gasteiger partial charge on any atom is -0.508 e. The van der Waals surface area contributed by atoms with Crippen molar-refractivity contribution in [2.75, 3.05) is 0 Å². The molecule has 1 amide bonds. The molecule has 0 spiro atoms. The second-order valence-electron chi connectivity index (χ2n) is 7.28. The smallest absolute Gasteiger partial charge is 0.345 e. The first kappa shape index (κ1) is 21.3. The van der Waals surface area contributed by atoms with Crippen molar-refractivity contribution in [2.24, 2.45) is 5.10 Å². The molecule has 0 atom stereocenters. The molecule has 0 aliphatic heterocycles. The lowest BCUT2D eigenvalue weighted by Gasteiger charge is -2.08. The number of nitrogens with zero attached hydrogens (tertiary/aromatic N) is 1. The van der Waals surface area contributed by atoms with Crippen LogP contribution in [0.15, 0.2) is 62.8 Å². The second kappa shape index (κ2) is 9.87. The van der Waals surface area contributed by atoms with Crippen LogP contribution in [-0.4, -0.2) is 16.7 Å². The molecule has 0 saturated carbocycles. The van der Waals surface area contributed by atoms with Crippen molar-refractivity contribution in [2.45, 2.75) is 46.0 Å². The van der Waals surface area contributed by atoms with Crippen LogP contribution in [0.3, 0.4) is 0 Å². The number of fused-ring (bicyclic) bond motifs is 1. The molecule has 0 aliphatic carbocycles. The summed E-state index contributed by atoms with van der Waals surface area (Å²) in [6, 6.07) is 13.7. The van der Waals surface area contributed by atoms with Crippen LogP contribution in [-0.2, 0) is 6.42 Å². The molecular weight excluding hydrogens is 380 g/mol. The zero-order valence-electron chi connectivity index (χ0n) is 17.3. The van der Waals surface area contributed by atoms with Crippen molar-refractivity contribution in [1.29, 1.82) is 0 Å². The Hall–Kier alpha value is -3.41. The van der Waals surface area contributed by atoms with E-state index in [4.69, 9.17) is 4.42 Å². The molecule has 2 aromatic carbocycles. The lowest BCUT2D eigenvalue weighted by Crippen LogP contribution is -2.21. The number of aromatic hydroxyl groups is 1. The van der Waals surface area contributed by atoms with Crippen molar-refractivity contribution in [3.8, 4) is 5.75 Å². The van der Waals surface area contributed by atoms with E-state index in [9.17, 15) is 14.7 Å². The van der Waals surface area contributed by atoms with Gasteiger partial charge < -0.3 is 9.52 Å². The van der Waals surface area contributed by atoms with Crippen molar-refractivity contribution < 1.29 is 14.3 Å². The summed E-state index contributed by atoms with van der Waals surface area (Å²) in [5, 5.41) is 15.0. The van der Waals surface area contributed by atoms with Crippen molar-refractivity contribution in [3.05, 3.63) is 75.6 Å². The molecule has 3 aromatic rings. The molecular formula is C24H26N2O4. The van der Waals surface area contributed by atoms with Gasteiger partial charge in [0.1, 0.15) is 11.3 Å². The van der Waals surface area contributed by atoms with Crippen LogP contribution in [0.25, 0.3) is 11.0 Å². The molecule has 30 heavy (non-hydrogen) atoms. The van der Waals surface area contributed by atoms with Gasteiger partial charge >= 0.3 is 5.63 Å². The Morgan fingerprint density at radius 3 is 2.60 bits per heavy atom. The number of carbonyl (C=O) groups excluding carboxylic acids is 1. The monoisotopic (exact) mass is 406 g/mol. The summed E-state index contributed by atoms with van der Waals surface area (Å²) >= 11 is 0. The van der Waals surface area contributed by atoms with Crippen LogP contribution in [0.2, 0.25) is 0 Å². The first-order chi connectivity index (χ1) is 14.5. The molecule has 0 saturated heterocycles. The number of benzene rings is 2. The van der Waals surface area contributed by atoms with Crippen LogP contribution in [0.5, 0.6) is 5.75 Å². The highest BCUT2D eigenvalue weighted by Crippen LogP contribution is 2.26. The number of nitrogens with one attached hydrogen (secondary N) is 1. The van der Waals surface area contributed by atoms with E-state index in [0.29, 0.717) is 22.2 Å². The van der Waals surface area contributed by atoms with Gasteiger partial charge in [0.05, 0.1) is 11.3 Å². The number of carbonyl (C=O) groups is 1. The summed E-state index contributed by atoms with van der Waals surface area (Å²) < 4.78 is 5.38. The van der Waals surface area contributed by atoms with Gasteiger partial charge in [0.25, 0.3) is 5.91 Å². The summed E-state index contributed by atoms with van der Waals surface area (Å²) in [5.41, 5.74) is 4.11. The van der Waals surface area contributed by atoms with E-state index in [-0.39, 0.29) is 17.2 Å². The lowest BCUT2D eigenvalue weighted by atomic mass is 10.0. The highest BCUT2D eigenvalue weighted by Gasteiger charge is 2.12. The van der Waals surface area contributed by atoms with Gasteiger partial charge in [-0.3, -0.25) is 4.79 Å². The quantitative estimate of drug-likeness (QED) is 0.244. The number of hydrogen-bond acceptors (Lipinski definition) is 5. The molecule has 1 aromatic heterocycles. The van der Waals surface area contributed by atoms with E-state index in [1.807, 2.05) is 12.1 Å². The van der Waals surface area contributed by atoms with E-state index in [1.54, 1.807) is 37.3 Å². The number of rotatable bonds is 8. The molecule has 0 radical (unpaired) electrons. The Kier molecular flexibility index (Phi) is 7.01. The fraction of sp³-hybridized carbons (Fsp3) is 0.292. The average molecular weight is 406 g/mol. The number of phenols is 1. The van der Waals surface area contributed by atoms with Gasteiger partial charge in [-0.05, 0) is 49.6 Å². The Morgan fingerprint density at radius 2 is 1.87 bits per heavy atom. The third kappa shape index (κ3) is 5.14. The van der Waals surface area contributed by atoms with Gasteiger partial charge in [0, 0.05) is 17.0 Å². The zero-order chi connectivity index (χ0) is 21.5. The molecule has 6 nitrogen and oxygen atoms in total. The molecule has 0 aliphatic rings. The van der Waals surface area contributed by atoms with Crippen molar-refractivity contribution >= 4 is 22.6 Å². The van der Waals surface area contributed by atoms with Crippen LogP contribution in [0, 0.1) is 0 Å². The van der Waals surface area contributed by atoms with Gasteiger partial charge in [-0.1, -0.05) is 44.4 Å². The van der Waals surface area contributed by atoms with Crippen LogP contribution >= 0.6 is 0 Å². The molecule has 2 N–H and O–H groups in total. The Morgan fingerprint density at radius 1 is 1.10 bits per heavy atom. The highest BCUT2D eigenvalue weighted by molar-refractivity contribution is 6.02. The summed E-state index contributed by atoms with van der Waals surface area (Å²) in [4.78, 5) is 24.5. The van der Waals surface area contributed by atoms with Gasteiger partial charge in [0.2, 0.25) is 0 Å². The summed E-state index contributed by atoms with van der Waals surface area (Å²) in [6.45, 7) is 3.79. The predicted octanol–water partition coefficient (Wildman–Crippen LogP) is 4.78. The molecule has 0 unspecified atom stereocenters. The molecule has 156 valence electrons. The van der Waals surface area contributed by atoms with Gasteiger partial charge in [-0.25, -0.2) is 10.2 Å². The number of phenolic OH excluding ortho intramolecular Hbond substituents is 1. The van der Waals surface area contributed by atoms with Crippen LogP contribution in [0.1, 0.15) is 61.0 Å². The maximum Gasteiger partial charge on any atom is 0.345 e. The van der Waals surface area contributed by atoms with E-state index < -0.39 is 5.63 Å². The number of unbranched alkanes of at least 4 members (excludes halogenated alkanes) is 3. The SMILES string of the molecule is CCCCCCc1cc2cc(/C(C)=N/NC(=O)c3ccccc3)c(=O)oc2cc1O. The Balaban J connectivity index is 1.84. The molecule has 0 bridgehead atoms. The minimum atomic E-state index is -0.576. The van der Waals surface area contributed by atoms with E-state index in [1.165, 1.54) is 6.07 Å². The first-order valence-electron chi connectivity index (χ1n) is 10.2. The fourth-order valence-corrected chi connectivity index (χ4v) is 3.25. The third-order valence-corrected chi connectivity index (χ3v) is 4.98. The first-order valence-corrected chi connectivity index (χ1v) is 10.2. The number of amides is 1. The molecule has 6 heteroatoms. The topological polar surface area (TPSA) is 91.9 Å². The standard InChI is InChI=1S/C24H26N2O4/c1-3-4-5-7-12-18-13-19-14-20(24(29)30-22(19)15-21(18)27)16(2)25-26-23(28)17-10-8-6-9-11-17/h6,8-11,13-15,27H,3-5,7,12H2,1-2H3,(H,26,28)/b25-16+. The average Bonchev–Trinajstić information content (AvgIpc) is 2.75. The zero-order valence-corrected chi connectivity index (χ0v) is 17.3. The summed E-state index contributed by atoms with van der Waals surface area (Å²) in [5.74, 6) is -0.227. The summed E-state index contributed by atoms with van der Waals surface area (Å²) in [7, 11) is 0. The van der Waals surface area contributed by atoms with Gasteiger partial charge in [0.15, 0.2) is 0 Å². The van der Waals surface area contributed by atoms with Crippen molar-refractivity contribution in [1.82, 2.24) is 5.43 Å². The Bertz CT molecular complexity index is 1120. The molecule has 1 heterocycles. The number of aryl methyl sites for hydroxylation is 1. The fourth-order valence-electron chi connectivity index (χ4n) is 3.25. The van der Waals surface area contributed by atoms with Gasteiger partial charge in [-0.15, -0.1) is 0 Å². The van der Waals surface area contributed by atoms with Crippen LogP contribution < -0.4 is 11.1 Å². The van der Waals surface area contributed by atoms with Crippen molar-refractivity contribution in [3.63, 3.8) is 0 Å². The largest absolute Gasteiger partial charge is 0.508 e. The molecule has 3 rings (SSSR count). The summed E-state index contributed by atoms with van der Waals surface area (Å²) in [6.07, 6.45) is 5.17. The number of hydrazone groups is 1. The van der Waals surface area contributed by atoms with E-state index in [2.05, 4.69) is 17.5 Å². The van der Waals surface area contributed by atoms with Crippen LogP contribution in [0.4, 0.5) is 0 Å². The molecule has 0 fully saturated rings. The van der Waals surface area contributed by atoms with E-state index in [0.717, 1.165) is 37.7 Å². The van der Waals surface area contributed by atoms with Gasteiger partial charge in [-0.2, -0.15) is 5.10 Å². The maximum absolute atomic E-state index is 12.4. The maximum atomic E-state index is 12.4.